The monoisotopic (exact) mass is 327 g/mol. The van der Waals surface area contributed by atoms with Crippen molar-refractivity contribution in [2.24, 2.45) is 0 Å². The molecule has 0 N–H and O–H groups in total. The van der Waals surface area contributed by atoms with Crippen molar-refractivity contribution in [3.8, 4) is 0 Å². The zero-order valence-corrected chi connectivity index (χ0v) is 14.4. The molecule has 3 rings (SSSR count). The third-order valence-electron chi connectivity index (χ3n) is 2.76. The second kappa shape index (κ2) is 7.76. The Balaban J connectivity index is 0.000000372. The van der Waals surface area contributed by atoms with Gasteiger partial charge in [0, 0.05) is 35.7 Å². The number of hydrogen-bond donors (Lipinski definition) is 0. The summed E-state index contributed by atoms with van der Waals surface area (Å²) < 4.78 is 0. The molecule has 0 aromatic heterocycles. The molecule has 2 aromatic carbocycles. The van der Waals surface area contributed by atoms with Crippen LogP contribution in [0.1, 0.15) is 12.0 Å². The predicted molar refractivity (Wildman–Crippen MR) is 78.8 cm³/mol. The molecule has 0 bridgehead atoms. The van der Waals surface area contributed by atoms with Crippen molar-refractivity contribution in [3.05, 3.63) is 60.2 Å². The molecule has 2 radical (unpaired) electrons. The van der Waals surface area contributed by atoms with E-state index in [0.717, 1.165) is 15.9 Å². The molecule has 0 nitrogen and oxygen atoms in total. The van der Waals surface area contributed by atoms with Crippen molar-refractivity contribution in [2.75, 3.05) is 0 Å². The van der Waals surface area contributed by atoms with E-state index in [1.54, 1.807) is 0 Å². The standard InChI is InChI=1S/C14H11.C2H6Si.Zr/c1-2-6-11(5-1)14-9-12-7-3-4-8-13(12)10-14;1-3-2;/h1-5,7-10H,6H2;1-2H3;/q-1;;. The Morgan fingerprint density at radius 3 is 2.50 bits per heavy atom. The van der Waals surface area contributed by atoms with Crippen LogP contribution in [-0.2, 0) is 26.2 Å². The molecule has 0 amide bonds. The fourth-order valence-electron chi connectivity index (χ4n) is 2.00. The van der Waals surface area contributed by atoms with E-state index in [1.165, 1.54) is 21.9 Å². The van der Waals surface area contributed by atoms with Gasteiger partial charge in [-0.1, -0.05) is 49.5 Å². The molecule has 0 saturated heterocycles. The van der Waals surface area contributed by atoms with Crippen LogP contribution in [0.4, 0.5) is 0 Å². The summed E-state index contributed by atoms with van der Waals surface area (Å²) in [6.45, 7) is 4.31. The molecule has 0 unspecified atom stereocenters. The Labute approximate surface area is 131 Å². The second-order valence-corrected chi connectivity index (χ2v) is 5.20. The van der Waals surface area contributed by atoms with E-state index in [4.69, 9.17) is 0 Å². The van der Waals surface area contributed by atoms with Gasteiger partial charge in [-0.15, -0.1) is 40.1 Å². The normalized spacial score (nSPS) is 12.7. The van der Waals surface area contributed by atoms with Gasteiger partial charge in [0.1, 0.15) is 0 Å². The molecular formula is C16H17SiZr-. The Bertz CT molecular complexity index is 516. The van der Waals surface area contributed by atoms with Crippen molar-refractivity contribution in [2.45, 2.75) is 19.5 Å². The number of allylic oxidation sites excluding steroid dienone is 4. The summed E-state index contributed by atoms with van der Waals surface area (Å²) in [4.78, 5) is 0. The van der Waals surface area contributed by atoms with Crippen LogP contribution in [0.5, 0.6) is 0 Å². The largest absolute Gasteiger partial charge is 0.145 e. The summed E-state index contributed by atoms with van der Waals surface area (Å²) in [7, 11) is 1.08. The molecule has 0 heterocycles. The van der Waals surface area contributed by atoms with Crippen LogP contribution in [0.2, 0.25) is 13.1 Å². The van der Waals surface area contributed by atoms with E-state index < -0.39 is 0 Å². The molecule has 90 valence electrons. The fraction of sp³-hybridized carbons (Fsp3) is 0.188. The van der Waals surface area contributed by atoms with Crippen LogP contribution >= 0.6 is 0 Å². The first-order valence-electron chi connectivity index (χ1n) is 5.95. The Hall–Kier alpha value is -0.590. The van der Waals surface area contributed by atoms with E-state index in [-0.39, 0.29) is 26.2 Å². The molecule has 2 heteroatoms. The molecule has 18 heavy (non-hydrogen) atoms. The van der Waals surface area contributed by atoms with E-state index >= 15 is 0 Å². The molecule has 0 atom stereocenters. The maximum Gasteiger partial charge on any atom is 0.0307 e. The average molecular weight is 329 g/mol. The maximum absolute atomic E-state index is 2.27. The molecule has 0 aliphatic heterocycles. The SMILES string of the molecule is C1=CCC(c2cc3ccccc3[cH-]2)=C1.C[Si]C.[Zr]. The molecule has 0 fully saturated rings. The van der Waals surface area contributed by atoms with Gasteiger partial charge in [-0.3, -0.25) is 0 Å². The smallest absolute Gasteiger partial charge is 0.0307 e. The van der Waals surface area contributed by atoms with E-state index in [2.05, 4.69) is 67.7 Å². The number of rotatable bonds is 1. The summed E-state index contributed by atoms with van der Waals surface area (Å²) in [5.41, 5.74) is 2.80. The van der Waals surface area contributed by atoms with Gasteiger partial charge >= 0.3 is 0 Å². The minimum Gasteiger partial charge on any atom is -0.145 e. The van der Waals surface area contributed by atoms with Crippen molar-refractivity contribution in [3.63, 3.8) is 0 Å². The third-order valence-corrected chi connectivity index (χ3v) is 2.76. The van der Waals surface area contributed by atoms with Crippen LogP contribution in [0.3, 0.4) is 0 Å². The Morgan fingerprint density at radius 2 is 1.89 bits per heavy atom. The van der Waals surface area contributed by atoms with Crippen LogP contribution in [0, 0.1) is 0 Å². The molecule has 1 aliphatic rings. The number of fused-ring (bicyclic) bond motifs is 1. The first-order chi connectivity index (χ1) is 8.35. The first-order valence-corrected chi connectivity index (χ1v) is 7.95. The zero-order chi connectivity index (χ0) is 12.1. The topological polar surface area (TPSA) is 0 Å². The van der Waals surface area contributed by atoms with Gasteiger partial charge in [-0.25, -0.2) is 0 Å². The summed E-state index contributed by atoms with van der Waals surface area (Å²) >= 11 is 0. The maximum atomic E-state index is 2.27. The first kappa shape index (κ1) is 15.5. The third kappa shape index (κ3) is 3.70. The minimum absolute atomic E-state index is 0. The number of benzene rings is 1. The minimum atomic E-state index is 0. The molecule has 0 spiro atoms. The summed E-state index contributed by atoms with van der Waals surface area (Å²) in [6.07, 6.45) is 7.62. The van der Waals surface area contributed by atoms with Gasteiger partial charge in [-0.05, 0) is 6.42 Å². The van der Waals surface area contributed by atoms with Crippen LogP contribution in [-0.4, -0.2) is 9.52 Å². The van der Waals surface area contributed by atoms with Gasteiger partial charge in [-0.2, -0.15) is 0 Å². The van der Waals surface area contributed by atoms with Gasteiger partial charge in [0.2, 0.25) is 0 Å². The van der Waals surface area contributed by atoms with Crippen molar-refractivity contribution >= 4 is 25.9 Å². The molecule has 2 aromatic rings. The van der Waals surface area contributed by atoms with Crippen molar-refractivity contribution in [1.29, 1.82) is 0 Å². The Kier molecular flexibility index (Phi) is 6.67. The van der Waals surface area contributed by atoms with Crippen LogP contribution in [0.15, 0.2) is 54.6 Å². The molecule has 0 saturated carbocycles. The van der Waals surface area contributed by atoms with Crippen LogP contribution < -0.4 is 0 Å². The van der Waals surface area contributed by atoms with Gasteiger partial charge in [0.25, 0.3) is 0 Å². The number of hydrogen-bond acceptors (Lipinski definition) is 0. The zero-order valence-electron chi connectivity index (χ0n) is 10.9. The predicted octanol–water partition coefficient (Wildman–Crippen LogP) is 4.69. The summed E-state index contributed by atoms with van der Waals surface area (Å²) in [6, 6.07) is 13.1. The van der Waals surface area contributed by atoms with E-state index in [0.29, 0.717) is 0 Å². The quantitative estimate of drug-likeness (QED) is 0.526. The average Bonchev–Trinajstić information content (AvgIpc) is 2.99. The molecule has 1 aliphatic carbocycles. The Morgan fingerprint density at radius 1 is 1.17 bits per heavy atom. The molecular weight excluding hydrogens is 311 g/mol. The van der Waals surface area contributed by atoms with Crippen molar-refractivity contribution in [1.82, 2.24) is 0 Å². The van der Waals surface area contributed by atoms with E-state index in [9.17, 15) is 0 Å². The summed E-state index contributed by atoms with van der Waals surface area (Å²) in [5, 5.41) is 2.69. The van der Waals surface area contributed by atoms with Gasteiger partial charge in [0.15, 0.2) is 0 Å². The van der Waals surface area contributed by atoms with Gasteiger partial charge in [0.05, 0.1) is 0 Å². The van der Waals surface area contributed by atoms with Gasteiger partial charge < -0.3 is 0 Å². The second-order valence-electron chi connectivity index (χ2n) is 4.20. The van der Waals surface area contributed by atoms with Crippen LogP contribution in [0.25, 0.3) is 16.3 Å². The summed E-state index contributed by atoms with van der Waals surface area (Å²) in [5.74, 6) is 0. The fourth-order valence-corrected chi connectivity index (χ4v) is 2.00. The van der Waals surface area contributed by atoms with Crippen molar-refractivity contribution < 1.29 is 26.2 Å². The van der Waals surface area contributed by atoms with E-state index in [1.807, 2.05) is 0 Å².